The minimum Gasteiger partial charge on any atom is -0.487 e. The average molecular weight is 376 g/mol. The number of anilines is 1. The van der Waals surface area contributed by atoms with Gasteiger partial charge in [0.2, 0.25) is 0 Å². The molecule has 3 aliphatic rings. The summed E-state index contributed by atoms with van der Waals surface area (Å²) in [7, 11) is 0. The Morgan fingerprint density at radius 1 is 1.50 bits per heavy atom. The van der Waals surface area contributed by atoms with Crippen LogP contribution in [0.15, 0.2) is 15.9 Å². The van der Waals surface area contributed by atoms with Crippen LogP contribution in [0.2, 0.25) is 0 Å². The number of nitrogens with zero attached hydrogens (tertiary/aromatic N) is 2. The Labute approximate surface area is 152 Å². The Balaban J connectivity index is 1.89. The lowest BCUT2D eigenvalue weighted by Gasteiger charge is -2.32. The quantitative estimate of drug-likeness (QED) is 0.659. The Morgan fingerprint density at radius 2 is 2.31 bits per heavy atom. The second-order valence-corrected chi connectivity index (χ2v) is 7.73. The molecule has 1 unspecified atom stereocenters. The van der Waals surface area contributed by atoms with Crippen molar-refractivity contribution in [3.05, 3.63) is 27.7 Å². The van der Waals surface area contributed by atoms with Gasteiger partial charge in [-0.2, -0.15) is 0 Å². The van der Waals surface area contributed by atoms with E-state index in [-0.39, 0.29) is 22.4 Å². The highest BCUT2D eigenvalue weighted by Gasteiger charge is 2.36. The van der Waals surface area contributed by atoms with E-state index in [1.54, 1.807) is 4.90 Å². The van der Waals surface area contributed by atoms with Gasteiger partial charge in [-0.25, -0.2) is 9.11 Å². The van der Waals surface area contributed by atoms with Crippen LogP contribution in [0.3, 0.4) is 0 Å². The maximum Gasteiger partial charge on any atom is 0.198 e. The van der Waals surface area contributed by atoms with Gasteiger partial charge in [0.1, 0.15) is 23.5 Å². The summed E-state index contributed by atoms with van der Waals surface area (Å²) < 4.78 is 25.7. The number of pyridine rings is 1. The summed E-state index contributed by atoms with van der Waals surface area (Å²) in [5, 5.41) is 18.8. The van der Waals surface area contributed by atoms with Crippen LogP contribution in [0, 0.1) is 11.2 Å². The molecule has 4 heterocycles. The van der Waals surface area contributed by atoms with Crippen LogP contribution in [0.4, 0.5) is 10.1 Å². The highest BCUT2D eigenvalue weighted by atomic mass is 32.2. The van der Waals surface area contributed by atoms with Crippen LogP contribution >= 0.6 is 11.9 Å². The van der Waals surface area contributed by atoms with Gasteiger partial charge in [0, 0.05) is 18.7 Å². The first-order chi connectivity index (χ1) is 12.5. The molecule has 1 saturated heterocycles. The van der Waals surface area contributed by atoms with Crippen molar-refractivity contribution >= 4 is 34.2 Å². The zero-order chi connectivity index (χ0) is 18.2. The number of aliphatic hydroxyl groups excluding tert-OH is 1. The highest BCUT2D eigenvalue weighted by molar-refractivity contribution is 7.97. The van der Waals surface area contributed by atoms with Crippen LogP contribution in [0.25, 0.3) is 10.9 Å². The Hall–Kier alpha value is -2.10. The molecule has 2 atom stereocenters. The zero-order valence-electron chi connectivity index (χ0n) is 14.0. The fourth-order valence-corrected chi connectivity index (χ4v) is 5.01. The number of halogens is 1. The molecule has 1 aromatic carbocycles. The zero-order valence-corrected chi connectivity index (χ0v) is 14.8. The summed E-state index contributed by atoms with van der Waals surface area (Å²) >= 11 is 1.21. The number of rotatable bonds is 1. The van der Waals surface area contributed by atoms with E-state index in [0.717, 1.165) is 0 Å². The molecule has 9 heteroatoms. The number of hydrogen-bond donors (Lipinski definition) is 3. The number of nitrogens with one attached hydrogen (secondary N) is 2. The van der Waals surface area contributed by atoms with Gasteiger partial charge in [-0.3, -0.25) is 4.79 Å². The van der Waals surface area contributed by atoms with Gasteiger partial charge in [0.05, 0.1) is 29.1 Å². The van der Waals surface area contributed by atoms with Crippen molar-refractivity contribution in [3.63, 3.8) is 0 Å². The number of aliphatic hydroxyl groups is 1. The minimum absolute atomic E-state index is 0.0610. The molecule has 0 saturated carbocycles. The topological polar surface area (TPSA) is 90.6 Å². The summed E-state index contributed by atoms with van der Waals surface area (Å²) in [4.78, 5) is 14.7. The molecule has 26 heavy (non-hydrogen) atoms. The van der Waals surface area contributed by atoms with Crippen molar-refractivity contribution in [1.82, 2.24) is 9.29 Å². The molecule has 3 N–H and O–H groups in total. The van der Waals surface area contributed by atoms with E-state index >= 15 is 4.39 Å². The third kappa shape index (κ3) is 2.02. The summed E-state index contributed by atoms with van der Waals surface area (Å²) in [6.45, 7) is 3.22. The average Bonchev–Trinajstić information content (AvgIpc) is 3.19. The highest BCUT2D eigenvalue weighted by Crippen LogP contribution is 2.46. The maximum absolute atomic E-state index is 15.0. The SMILES string of the molecule is C[C@H]1COc2c(N3CCC(=N)C3)c(F)cc3c(=O)c4c(n1c23)SNC4O. The fourth-order valence-electron chi connectivity index (χ4n) is 3.99. The predicted octanol–water partition coefficient (Wildman–Crippen LogP) is 1.93. The van der Waals surface area contributed by atoms with Gasteiger partial charge in [0.15, 0.2) is 17.0 Å². The lowest BCUT2D eigenvalue weighted by molar-refractivity contribution is 0.169. The van der Waals surface area contributed by atoms with Crippen LogP contribution in [-0.4, -0.2) is 35.1 Å². The first-order valence-electron chi connectivity index (χ1n) is 8.46. The van der Waals surface area contributed by atoms with Crippen molar-refractivity contribution in [2.45, 2.75) is 30.6 Å². The number of benzene rings is 1. The fraction of sp³-hybridized carbons (Fsp3) is 0.412. The molecule has 5 rings (SSSR count). The molecular weight excluding hydrogens is 359 g/mol. The molecule has 0 radical (unpaired) electrons. The van der Waals surface area contributed by atoms with Crippen molar-refractivity contribution < 1.29 is 14.2 Å². The van der Waals surface area contributed by atoms with Crippen molar-refractivity contribution in [3.8, 4) is 5.75 Å². The van der Waals surface area contributed by atoms with Gasteiger partial charge >= 0.3 is 0 Å². The Morgan fingerprint density at radius 3 is 3.04 bits per heavy atom. The van der Waals surface area contributed by atoms with Crippen LogP contribution < -0.4 is 19.8 Å². The molecule has 0 aliphatic carbocycles. The molecule has 1 fully saturated rings. The monoisotopic (exact) mass is 376 g/mol. The van der Waals surface area contributed by atoms with E-state index in [1.165, 1.54) is 18.0 Å². The van der Waals surface area contributed by atoms with E-state index in [2.05, 4.69) is 4.72 Å². The minimum atomic E-state index is -1.07. The Bertz CT molecular complexity index is 1040. The maximum atomic E-state index is 15.0. The van der Waals surface area contributed by atoms with Crippen molar-refractivity contribution in [1.29, 1.82) is 5.41 Å². The third-order valence-electron chi connectivity index (χ3n) is 5.19. The van der Waals surface area contributed by atoms with E-state index in [1.807, 2.05) is 11.5 Å². The van der Waals surface area contributed by atoms with Crippen LogP contribution in [-0.2, 0) is 0 Å². The summed E-state index contributed by atoms with van der Waals surface area (Å²) in [5.41, 5.74) is 1.31. The molecule has 0 spiro atoms. The molecule has 3 aliphatic heterocycles. The second kappa shape index (κ2) is 5.45. The standard InChI is InChI=1S/C17H17FN4O3S/c1-7-6-25-15-12-9(4-10(18)13(15)21-3-2-8(19)5-21)14(23)11-16(24)20-26-17(11)22(7)12/h4,7,16,19-20,24H,2-3,5-6H2,1H3/t7-,16?/m0/s1. The second-order valence-electron chi connectivity index (χ2n) is 6.91. The van der Waals surface area contributed by atoms with Gasteiger partial charge in [-0.05, 0) is 24.9 Å². The molecule has 1 aromatic heterocycles. The first-order valence-corrected chi connectivity index (χ1v) is 9.28. The van der Waals surface area contributed by atoms with Gasteiger partial charge in [-0.15, -0.1) is 0 Å². The largest absolute Gasteiger partial charge is 0.487 e. The van der Waals surface area contributed by atoms with E-state index < -0.39 is 12.0 Å². The van der Waals surface area contributed by atoms with Crippen LogP contribution in [0.1, 0.15) is 31.2 Å². The van der Waals surface area contributed by atoms with Crippen LogP contribution in [0.5, 0.6) is 5.75 Å². The Kier molecular flexibility index (Phi) is 3.37. The summed E-state index contributed by atoms with van der Waals surface area (Å²) in [6.07, 6.45) is -0.480. The van der Waals surface area contributed by atoms with Gasteiger partial charge in [0.25, 0.3) is 0 Å². The summed E-state index contributed by atoms with van der Waals surface area (Å²) in [5.74, 6) is -0.178. The molecule has 0 amide bonds. The smallest absolute Gasteiger partial charge is 0.198 e. The molecular formula is C17H17FN4O3S. The number of ether oxygens (including phenoxy) is 1. The number of fused-ring (bicyclic) bond motifs is 2. The van der Waals surface area contributed by atoms with E-state index in [9.17, 15) is 9.90 Å². The van der Waals surface area contributed by atoms with E-state index in [4.69, 9.17) is 10.1 Å². The van der Waals surface area contributed by atoms with Gasteiger partial charge < -0.3 is 24.7 Å². The molecule has 2 aromatic rings. The third-order valence-corrected chi connectivity index (χ3v) is 6.14. The van der Waals surface area contributed by atoms with Gasteiger partial charge in [-0.1, -0.05) is 0 Å². The molecule has 0 bridgehead atoms. The molecule has 136 valence electrons. The van der Waals surface area contributed by atoms with Crippen molar-refractivity contribution in [2.75, 3.05) is 24.6 Å². The number of hydrogen-bond acceptors (Lipinski definition) is 7. The van der Waals surface area contributed by atoms with Crippen molar-refractivity contribution in [2.24, 2.45) is 0 Å². The lowest BCUT2D eigenvalue weighted by atomic mass is 10.1. The number of aromatic nitrogens is 1. The summed E-state index contributed by atoms with van der Waals surface area (Å²) in [6, 6.07) is 1.18. The first kappa shape index (κ1) is 16.1. The lowest BCUT2D eigenvalue weighted by Crippen LogP contribution is -2.29. The molecule has 7 nitrogen and oxygen atoms in total. The van der Waals surface area contributed by atoms with E-state index in [0.29, 0.717) is 53.8 Å². The predicted molar refractivity (Wildman–Crippen MR) is 96.9 cm³/mol. The normalized spacial score (nSPS) is 24.3.